The molecule has 0 saturated heterocycles. The minimum absolute atomic E-state index is 0.0143. The minimum atomic E-state index is -0.423. The highest BCUT2D eigenvalue weighted by atomic mass is 32.1. The number of hydrogen-bond donors (Lipinski definition) is 0. The van der Waals surface area contributed by atoms with E-state index in [0.717, 1.165) is 10.4 Å². The number of aromatic nitrogens is 1. The molecule has 0 spiro atoms. The van der Waals surface area contributed by atoms with Crippen molar-refractivity contribution in [2.24, 2.45) is 0 Å². The third-order valence-corrected chi connectivity index (χ3v) is 3.71. The normalized spacial score (nSPS) is 10.9. The van der Waals surface area contributed by atoms with Crippen LogP contribution in [0.5, 0.6) is 0 Å². The van der Waals surface area contributed by atoms with Crippen LogP contribution < -0.4 is 0 Å². The summed E-state index contributed by atoms with van der Waals surface area (Å²) in [5.74, 6) is 0.602. The number of ether oxygens (including phenoxy) is 1. The third kappa shape index (κ3) is 3.71. The minimum Gasteiger partial charge on any atom is -0.453 e. The summed E-state index contributed by atoms with van der Waals surface area (Å²) in [7, 11) is 0. The molecule has 0 saturated carbocycles. The van der Waals surface area contributed by atoms with Crippen molar-refractivity contribution < 1.29 is 13.9 Å². The predicted octanol–water partition coefficient (Wildman–Crippen LogP) is 4.16. The summed E-state index contributed by atoms with van der Waals surface area (Å²) in [5, 5.41) is 1.95. The molecule has 3 rings (SSSR count). The van der Waals surface area contributed by atoms with E-state index in [1.807, 2.05) is 47.8 Å². The zero-order valence-electron chi connectivity index (χ0n) is 11.6. The van der Waals surface area contributed by atoms with E-state index in [1.54, 1.807) is 23.6 Å². The molecule has 5 heteroatoms. The molecule has 4 nitrogen and oxygen atoms in total. The van der Waals surface area contributed by atoms with Crippen molar-refractivity contribution in [2.75, 3.05) is 0 Å². The smallest absolute Gasteiger partial charge is 0.331 e. The number of carbonyl (C=O) groups is 1. The molecule has 0 bridgehead atoms. The summed E-state index contributed by atoms with van der Waals surface area (Å²) in [6.45, 7) is 0.0143. The van der Waals surface area contributed by atoms with Crippen molar-refractivity contribution in [1.29, 1.82) is 0 Å². The van der Waals surface area contributed by atoms with Crippen molar-refractivity contribution >= 4 is 23.4 Å². The van der Waals surface area contributed by atoms with Crippen molar-refractivity contribution in [1.82, 2.24) is 4.98 Å². The Bertz CT molecular complexity index is 760. The van der Waals surface area contributed by atoms with Gasteiger partial charge in [-0.2, -0.15) is 0 Å². The first-order valence-corrected chi connectivity index (χ1v) is 7.58. The van der Waals surface area contributed by atoms with Gasteiger partial charge in [0, 0.05) is 16.5 Å². The van der Waals surface area contributed by atoms with Crippen LogP contribution in [0.25, 0.3) is 17.4 Å². The molecule has 22 heavy (non-hydrogen) atoms. The summed E-state index contributed by atoms with van der Waals surface area (Å²) in [6, 6.07) is 13.5. The van der Waals surface area contributed by atoms with Crippen molar-refractivity contribution in [2.45, 2.75) is 6.61 Å². The average molecular weight is 311 g/mol. The Hall–Kier alpha value is -2.66. The van der Waals surface area contributed by atoms with Crippen LogP contribution >= 0.6 is 11.3 Å². The fourth-order valence-corrected chi connectivity index (χ4v) is 2.45. The van der Waals surface area contributed by atoms with Crippen LogP contribution in [-0.2, 0) is 16.1 Å². The Morgan fingerprint density at radius 3 is 2.86 bits per heavy atom. The molecule has 0 unspecified atom stereocenters. The lowest BCUT2D eigenvalue weighted by Gasteiger charge is -1.98. The largest absolute Gasteiger partial charge is 0.453 e. The van der Waals surface area contributed by atoms with Gasteiger partial charge < -0.3 is 9.15 Å². The van der Waals surface area contributed by atoms with Crippen LogP contribution in [0, 0.1) is 0 Å². The van der Waals surface area contributed by atoms with Gasteiger partial charge in [-0.25, -0.2) is 9.78 Å². The molecule has 0 amide bonds. The quantitative estimate of drug-likeness (QED) is 0.524. The van der Waals surface area contributed by atoms with Crippen LogP contribution in [0.2, 0.25) is 0 Å². The Morgan fingerprint density at radius 1 is 1.23 bits per heavy atom. The third-order valence-electron chi connectivity index (χ3n) is 2.88. The maximum absolute atomic E-state index is 11.6. The number of oxazole rings is 1. The molecular formula is C17H13NO3S. The van der Waals surface area contributed by atoms with E-state index in [-0.39, 0.29) is 6.61 Å². The fourth-order valence-electron chi connectivity index (χ4n) is 1.83. The van der Waals surface area contributed by atoms with Gasteiger partial charge >= 0.3 is 5.97 Å². The van der Waals surface area contributed by atoms with E-state index in [1.165, 1.54) is 6.08 Å². The van der Waals surface area contributed by atoms with Crippen LogP contribution in [0.3, 0.4) is 0 Å². The summed E-state index contributed by atoms with van der Waals surface area (Å²) in [6.07, 6.45) is 4.74. The summed E-state index contributed by atoms with van der Waals surface area (Å²) >= 11 is 1.55. The monoisotopic (exact) mass is 311 g/mol. The second kappa shape index (κ2) is 6.87. The highest BCUT2D eigenvalue weighted by molar-refractivity contribution is 7.10. The molecule has 0 fully saturated rings. The number of nitrogens with zero attached hydrogens (tertiary/aromatic N) is 1. The first-order valence-electron chi connectivity index (χ1n) is 6.70. The Kier molecular flexibility index (Phi) is 4.46. The lowest BCUT2D eigenvalue weighted by Crippen LogP contribution is -2.00. The molecule has 0 aliphatic rings. The van der Waals surface area contributed by atoms with Gasteiger partial charge in [0.25, 0.3) is 0 Å². The van der Waals surface area contributed by atoms with Gasteiger partial charge in [-0.05, 0) is 17.5 Å². The zero-order chi connectivity index (χ0) is 15.2. The lowest BCUT2D eigenvalue weighted by atomic mass is 10.2. The molecular weight excluding hydrogens is 298 g/mol. The van der Waals surface area contributed by atoms with Gasteiger partial charge in [0.05, 0.1) is 6.20 Å². The van der Waals surface area contributed by atoms with Gasteiger partial charge in [-0.15, -0.1) is 11.3 Å². The van der Waals surface area contributed by atoms with Gasteiger partial charge in [-0.3, -0.25) is 0 Å². The SMILES string of the molecule is O=C(C=Cc1cccs1)OCc1ncc(-c2ccccc2)o1. The van der Waals surface area contributed by atoms with E-state index in [9.17, 15) is 4.79 Å². The maximum atomic E-state index is 11.6. The molecule has 0 radical (unpaired) electrons. The molecule has 1 aromatic carbocycles. The van der Waals surface area contributed by atoms with E-state index in [2.05, 4.69) is 4.98 Å². The van der Waals surface area contributed by atoms with Gasteiger partial charge in [0.1, 0.15) is 0 Å². The summed E-state index contributed by atoms with van der Waals surface area (Å²) in [5.41, 5.74) is 0.935. The van der Waals surface area contributed by atoms with Gasteiger partial charge in [0.15, 0.2) is 12.4 Å². The van der Waals surface area contributed by atoms with Crippen LogP contribution in [0.4, 0.5) is 0 Å². The Balaban J connectivity index is 1.56. The van der Waals surface area contributed by atoms with E-state index in [0.29, 0.717) is 11.7 Å². The van der Waals surface area contributed by atoms with Crippen molar-refractivity contribution in [3.8, 4) is 11.3 Å². The number of benzene rings is 1. The number of rotatable bonds is 5. The van der Waals surface area contributed by atoms with Crippen molar-refractivity contribution in [3.63, 3.8) is 0 Å². The standard InChI is InChI=1S/C17H13NO3S/c19-17(9-8-14-7-4-10-22-14)20-12-16-18-11-15(21-16)13-5-2-1-3-6-13/h1-11H,12H2. The number of hydrogen-bond acceptors (Lipinski definition) is 5. The summed E-state index contributed by atoms with van der Waals surface area (Å²) < 4.78 is 10.7. The van der Waals surface area contributed by atoms with E-state index < -0.39 is 5.97 Å². The highest BCUT2D eigenvalue weighted by Gasteiger charge is 2.07. The van der Waals surface area contributed by atoms with Crippen LogP contribution in [0.15, 0.2) is 64.5 Å². The first kappa shape index (κ1) is 14.3. The Morgan fingerprint density at radius 2 is 2.09 bits per heavy atom. The maximum Gasteiger partial charge on any atom is 0.331 e. The molecule has 110 valence electrons. The predicted molar refractivity (Wildman–Crippen MR) is 85.1 cm³/mol. The topological polar surface area (TPSA) is 52.3 Å². The summed E-state index contributed by atoms with van der Waals surface area (Å²) in [4.78, 5) is 16.7. The fraction of sp³-hybridized carbons (Fsp3) is 0.0588. The van der Waals surface area contributed by atoms with E-state index in [4.69, 9.17) is 9.15 Å². The number of esters is 1. The van der Waals surface area contributed by atoms with E-state index >= 15 is 0 Å². The van der Waals surface area contributed by atoms with Crippen molar-refractivity contribution in [3.05, 3.63) is 70.9 Å². The number of carbonyl (C=O) groups excluding carboxylic acids is 1. The van der Waals surface area contributed by atoms with Gasteiger partial charge in [-0.1, -0.05) is 36.4 Å². The first-order chi connectivity index (χ1) is 10.8. The lowest BCUT2D eigenvalue weighted by molar-refractivity contribution is -0.139. The second-order valence-corrected chi connectivity index (χ2v) is 5.42. The molecule has 0 atom stereocenters. The Labute approximate surface area is 131 Å². The molecule has 0 aliphatic carbocycles. The molecule has 2 heterocycles. The molecule has 0 N–H and O–H groups in total. The number of thiophene rings is 1. The zero-order valence-corrected chi connectivity index (χ0v) is 12.5. The molecule has 3 aromatic rings. The highest BCUT2D eigenvalue weighted by Crippen LogP contribution is 2.20. The second-order valence-electron chi connectivity index (χ2n) is 4.44. The molecule has 2 aromatic heterocycles. The van der Waals surface area contributed by atoms with Crippen LogP contribution in [-0.4, -0.2) is 11.0 Å². The van der Waals surface area contributed by atoms with Gasteiger partial charge in [0.2, 0.25) is 5.89 Å². The molecule has 0 aliphatic heterocycles. The average Bonchev–Trinajstić information content (AvgIpc) is 3.23. The van der Waals surface area contributed by atoms with Crippen LogP contribution in [0.1, 0.15) is 10.8 Å².